The molecule has 0 saturated carbocycles. The van der Waals surface area contributed by atoms with Crippen LogP contribution in [0.4, 0.5) is 0 Å². The molecule has 3 nitrogen and oxygen atoms in total. The minimum absolute atomic E-state index is 0.671. The number of hydrogen-bond acceptors (Lipinski definition) is 3. The van der Waals surface area contributed by atoms with Crippen LogP contribution in [0.25, 0.3) is 0 Å². The van der Waals surface area contributed by atoms with Gasteiger partial charge in [0.15, 0.2) is 0 Å². The molecule has 3 heteroatoms. The van der Waals surface area contributed by atoms with Crippen LogP contribution in [0.15, 0.2) is 0 Å². The van der Waals surface area contributed by atoms with Crippen LogP contribution >= 0.6 is 0 Å². The average Bonchev–Trinajstić information content (AvgIpc) is 2.15. The molecule has 0 aromatic carbocycles. The second-order valence-corrected chi connectivity index (χ2v) is 4.26. The molecule has 0 heterocycles. The van der Waals surface area contributed by atoms with Crippen molar-refractivity contribution in [2.24, 2.45) is 17.6 Å². The summed E-state index contributed by atoms with van der Waals surface area (Å²) in [7, 11) is 1.73. The summed E-state index contributed by atoms with van der Waals surface area (Å²) in [5.41, 5.74) is 5.71. The maximum Gasteiger partial charge on any atom is 0.0587 e. The van der Waals surface area contributed by atoms with Gasteiger partial charge in [0.05, 0.1) is 6.61 Å². The monoisotopic (exact) mass is 202 g/mol. The average molecular weight is 202 g/mol. The first kappa shape index (κ1) is 13.9. The number of nitrogens with two attached hydrogens (primary N) is 1. The van der Waals surface area contributed by atoms with E-state index in [1.54, 1.807) is 7.11 Å². The van der Waals surface area contributed by atoms with Crippen LogP contribution in [-0.4, -0.2) is 33.4 Å². The summed E-state index contributed by atoms with van der Waals surface area (Å²) in [5, 5.41) is 3.34. The summed E-state index contributed by atoms with van der Waals surface area (Å²) in [6.45, 7) is 8.09. The quantitative estimate of drug-likeness (QED) is 0.553. The minimum atomic E-state index is 0.671. The van der Waals surface area contributed by atoms with E-state index in [0.29, 0.717) is 5.92 Å². The van der Waals surface area contributed by atoms with Gasteiger partial charge in [-0.25, -0.2) is 0 Å². The van der Waals surface area contributed by atoms with Crippen molar-refractivity contribution in [2.75, 3.05) is 33.4 Å². The lowest BCUT2D eigenvalue weighted by Crippen LogP contribution is -2.25. The molecule has 0 bridgehead atoms. The molecule has 0 aliphatic heterocycles. The predicted octanol–water partition coefficient (Wildman–Crippen LogP) is 1.23. The van der Waals surface area contributed by atoms with Crippen molar-refractivity contribution < 1.29 is 4.74 Å². The van der Waals surface area contributed by atoms with Gasteiger partial charge in [0.25, 0.3) is 0 Å². The normalized spacial score (nSPS) is 13.5. The maximum atomic E-state index is 5.71. The Labute approximate surface area is 88.4 Å². The molecule has 0 radical (unpaired) electrons. The third-order valence-electron chi connectivity index (χ3n) is 2.35. The van der Waals surface area contributed by atoms with E-state index in [1.165, 1.54) is 12.8 Å². The Hall–Kier alpha value is -0.120. The Morgan fingerprint density at radius 1 is 1.29 bits per heavy atom. The lowest BCUT2D eigenvalue weighted by atomic mass is 9.94. The molecule has 3 N–H and O–H groups in total. The number of ether oxygens (including phenoxy) is 1. The zero-order chi connectivity index (χ0) is 10.8. The van der Waals surface area contributed by atoms with Gasteiger partial charge in [-0.1, -0.05) is 13.8 Å². The van der Waals surface area contributed by atoms with Gasteiger partial charge in [0.2, 0.25) is 0 Å². The first-order chi connectivity index (χ1) is 6.70. The topological polar surface area (TPSA) is 47.3 Å². The van der Waals surface area contributed by atoms with Crippen molar-refractivity contribution in [3.63, 3.8) is 0 Å². The Kier molecular flexibility index (Phi) is 9.35. The molecule has 0 fully saturated rings. The number of hydrogen-bond donors (Lipinski definition) is 2. The van der Waals surface area contributed by atoms with Crippen LogP contribution in [0.2, 0.25) is 0 Å². The Morgan fingerprint density at radius 3 is 2.50 bits per heavy atom. The number of nitrogens with one attached hydrogen (secondary N) is 1. The van der Waals surface area contributed by atoms with Gasteiger partial charge >= 0.3 is 0 Å². The summed E-state index contributed by atoms with van der Waals surface area (Å²) in [4.78, 5) is 0. The summed E-state index contributed by atoms with van der Waals surface area (Å²) in [5.74, 6) is 1.42. The highest BCUT2D eigenvalue weighted by molar-refractivity contribution is 4.63. The molecular formula is C11H26N2O. The second-order valence-electron chi connectivity index (χ2n) is 4.26. The highest BCUT2D eigenvalue weighted by atomic mass is 16.5. The molecule has 0 aliphatic rings. The van der Waals surface area contributed by atoms with E-state index in [2.05, 4.69) is 19.2 Å². The number of rotatable bonds is 9. The summed E-state index contributed by atoms with van der Waals surface area (Å²) >= 11 is 0. The molecule has 86 valence electrons. The lowest BCUT2D eigenvalue weighted by molar-refractivity contribution is 0.198. The van der Waals surface area contributed by atoms with Gasteiger partial charge in [0, 0.05) is 13.7 Å². The van der Waals surface area contributed by atoms with Crippen LogP contribution in [0.3, 0.4) is 0 Å². The van der Waals surface area contributed by atoms with E-state index in [4.69, 9.17) is 10.5 Å². The molecular weight excluding hydrogens is 176 g/mol. The summed E-state index contributed by atoms with van der Waals surface area (Å²) in [6, 6.07) is 0. The van der Waals surface area contributed by atoms with Crippen LogP contribution in [0.5, 0.6) is 0 Å². The zero-order valence-corrected chi connectivity index (χ0v) is 9.88. The molecule has 0 aromatic heterocycles. The van der Waals surface area contributed by atoms with Crippen LogP contribution < -0.4 is 11.1 Å². The van der Waals surface area contributed by atoms with Crippen LogP contribution in [-0.2, 0) is 4.74 Å². The van der Waals surface area contributed by atoms with Crippen molar-refractivity contribution >= 4 is 0 Å². The Morgan fingerprint density at radius 2 is 2.00 bits per heavy atom. The molecule has 0 aromatic rings. The smallest absolute Gasteiger partial charge is 0.0587 e. The standard InChI is InChI=1S/C11H26N2O/c1-10(2)8-11(9-12)4-5-13-6-7-14-3/h10-11,13H,4-9,12H2,1-3H3. The Balaban J connectivity index is 3.33. The van der Waals surface area contributed by atoms with Gasteiger partial charge in [-0.15, -0.1) is 0 Å². The fourth-order valence-electron chi connectivity index (χ4n) is 1.60. The molecule has 0 rings (SSSR count). The van der Waals surface area contributed by atoms with Crippen LogP contribution in [0, 0.1) is 11.8 Å². The van der Waals surface area contributed by atoms with E-state index in [0.717, 1.165) is 32.2 Å². The molecule has 0 saturated heterocycles. The largest absolute Gasteiger partial charge is 0.383 e. The van der Waals surface area contributed by atoms with Gasteiger partial charge in [0.1, 0.15) is 0 Å². The van der Waals surface area contributed by atoms with Crippen molar-refractivity contribution in [1.82, 2.24) is 5.32 Å². The molecule has 1 atom stereocenters. The fourth-order valence-corrected chi connectivity index (χ4v) is 1.60. The van der Waals surface area contributed by atoms with Gasteiger partial charge in [-0.3, -0.25) is 0 Å². The molecule has 0 aliphatic carbocycles. The maximum absolute atomic E-state index is 5.71. The van der Waals surface area contributed by atoms with Gasteiger partial charge < -0.3 is 15.8 Å². The van der Waals surface area contributed by atoms with Crippen molar-refractivity contribution in [3.8, 4) is 0 Å². The second kappa shape index (κ2) is 9.44. The van der Waals surface area contributed by atoms with Crippen molar-refractivity contribution in [2.45, 2.75) is 26.7 Å². The Bertz CT molecular complexity index is 118. The minimum Gasteiger partial charge on any atom is -0.383 e. The van der Waals surface area contributed by atoms with Crippen molar-refractivity contribution in [3.05, 3.63) is 0 Å². The van der Waals surface area contributed by atoms with E-state index in [1.807, 2.05) is 0 Å². The molecule has 14 heavy (non-hydrogen) atoms. The van der Waals surface area contributed by atoms with Gasteiger partial charge in [-0.2, -0.15) is 0 Å². The molecule has 1 unspecified atom stereocenters. The van der Waals surface area contributed by atoms with Crippen molar-refractivity contribution in [1.29, 1.82) is 0 Å². The van der Waals surface area contributed by atoms with E-state index in [9.17, 15) is 0 Å². The zero-order valence-electron chi connectivity index (χ0n) is 9.88. The lowest BCUT2D eigenvalue weighted by Gasteiger charge is -2.17. The summed E-state index contributed by atoms with van der Waals surface area (Å²) < 4.78 is 4.95. The third kappa shape index (κ3) is 8.48. The SMILES string of the molecule is COCCNCCC(CN)CC(C)C. The first-order valence-electron chi connectivity index (χ1n) is 5.60. The highest BCUT2D eigenvalue weighted by Gasteiger charge is 2.07. The van der Waals surface area contributed by atoms with E-state index in [-0.39, 0.29) is 0 Å². The molecule has 0 amide bonds. The predicted molar refractivity (Wildman–Crippen MR) is 61.4 cm³/mol. The number of methoxy groups -OCH3 is 1. The highest BCUT2D eigenvalue weighted by Crippen LogP contribution is 2.13. The third-order valence-corrected chi connectivity index (χ3v) is 2.35. The summed E-state index contributed by atoms with van der Waals surface area (Å²) in [6.07, 6.45) is 2.42. The first-order valence-corrected chi connectivity index (χ1v) is 5.60. The molecule has 0 spiro atoms. The van der Waals surface area contributed by atoms with Gasteiger partial charge in [-0.05, 0) is 37.8 Å². The van der Waals surface area contributed by atoms with Crippen LogP contribution in [0.1, 0.15) is 26.7 Å². The van der Waals surface area contributed by atoms with E-state index < -0.39 is 0 Å². The van der Waals surface area contributed by atoms with E-state index >= 15 is 0 Å². The fraction of sp³-hybridized carbons (Fsp3) is 1.00.